The molecule has 0 saturated heterocycles. The Kier molecular flexibility index (Phi) is 7.40. The van der Waals surface area contributed by atoms with E-state index in [0.29, 0.717) is 18.7 Å². The van der Waals surface area contributed by atoms with Gasteiger partial charge in [-0.25, -0.2) is 8.42 Å². The molecule has 0 saturated carbocycles. The molecule has 0 heterocycles. The molecular formula is C14H20F2N2O3S. The van der Waals surface area contributed by atoms with Crippen LogP contribution in [0.1, 0.15) is 29.3 Å². The highest BCUT2D eigenvalue weighted by Crippen LogP contribution is 2.14. The van der Waals surface area contributed by atoms with Crippen molar-refractivity contribution < 1.29 is 22.0 Å². The quantitative estimate of drug-likeness (QED) is 0.672. The summed E-state index contributed by atoms with van der Waals surface area (Å²) in [5, 5.41) is 5.84. The number of hydrogen-bond donors (Lipinski definition) is 2. The third kappa shape index (κ3) is 6.07. The van der Waals surface area contributed by atoms with E-state index >= 15 is 0 Å². The Balaban J connectivity index is 2.52. The number of sulfone groups is 1. The number of carbonyl (C=O) groups is 1. The monoisotopic (exact) mass is 334 g/mol. The van der Waals surface area contributed by atoms with Crippen LogP contribution in [0.15, 0.2) is 24.3 Å². The molecule has 0 aromatic heterocycles. The first-order chi connectivity index (χ1) is 10.4. The first kappa shape index (κ1) is 18.5. The molecule has 22 heavy (non-hydrogen) atoms. The van der Waals surface area contributed by atoms with Crippen LogP contribution in [0.3, 0.4) is 0 Å². The predicted octanol–water partition coefficient (Wildman–Crippen LogP) is 1.55. The molecule has 2 N–H and O–H groups in total. The van der Waals surface area contributed by atoms with Crippen molar-refractivity contribution in [3.8, 4) is 0 Å². The second kappa shape index (κ2) is 8.79. The van der Waals surface area contributed by atoms with Gasteiger partial charge in [-0.05, 0) is 30.7 Å². The minimum Gasteiger partial charge on any atom is -0.351 e. The molecule has 1 aromatic rings. The molecule has 0 aliphatic rings. The van der Waals surface area contributed by atoms with E-state index in [4.69, 9.17) is 0 Å². The molecule has 0 atom stereocenters. The van der Waals surface area contributed by atoms with E-state index < -0.39 is 21.3 Å². The largest absolute Gasteiger partial charge is 0.351 e. The van der Waals surface area contributed by atoms with Crippen LogP contribution in [0.4, 0.5) is 8.78 Å². The zero-order valence-electron chi connectivity index (χ0n) is 12.3. The van der Waals surface area contributed by atoms with E-state index in [1.165, 1.54) is 24.3 Å². The fraction of sp³-hybridized carbons (Fsp3) is 0.500. The molecule has 0 radical (unpaired) electrons. The molecule has 0 bridgehead atoms. The van der Waals surface area contributed by atoms with Gasteiger partial charge >= 0.3 is 5.76 Å². The molecular weight excluding hydrogens is 314 g/mol. The van der Waals surface area contributed by atoms with Crippen molar-refractivity contribution in [2.75, 3.05) is 19.6 Å². The first-order valence-electron chi connectivity index (χ1n) is 6.94. The number of hydrogen-bond acceptors (Lipinski definition) is 4. The summed E-state index contributed by atoms with van der Waals surface area (Å²) in [7, 11) is -4.45. The minimum absolute atomic E-state index is 0.224. The van der Waals surface area contributed by atoms with Gasteiger partial charge in [0.05, 0.1) is 5.75 Å². The van der Waals surface area contributed by atoms with Crippen LogP contribution in [-0.4, -0.2) is 39.7 Å². The van der Waals surface area contributed by atoms with Gasteiger partial charge in [0.2, 0.25) is 9.84 Å². The zero-order chi connectivity index (χ0) is 16.6. The van der Waals surface area contributed by atoms with E-state index in [1.54, 1.807) is 0 Å². The average molecular weight is 334 g/mol. The summed E-state index contributed by atoms with van der Waals surface area (Å²) >= 11 is 0. The minimum atomic E-state index is -4.45. The van der Waals surface area contributed by atoms with Gasteiger partial charge in [-0.15, -0.1) is 0 Å². The van der Waals surface area contributed by atoms with Gasteiger partial charge in [-0.3, -0.25) is 4.79 Å². The second-order valence-electron chi connectivity index (χ2n) is 4.77. The summed E-state index contributed by atoms with van der Waals surface area (Å²) in [5.74, 6) is -4.43. The number of carbonyl (C=O) groups excluding carboxylic acids is 1. The molecule has 0 aliphatic carbocycles. The van der Waals surface area contributed by atoms with E-state index in [9.17, 15) is 22.0 Å². The van der Waals surface area contributed by atoms with Crippen molar-refractivity contribution in [1.82, 2.24) is 10.6 Å². The fourth-order valence-electron chi connectivity index (χ4n) is 1.72. The van der Waals surface area contributed by atoms with Gasteiger partial charge in [-0.2, -0.15) is 8.78 Å². The Morgan fingerprint density at radius 2 is 1.77 bits per heavy atom. The lowest BCUT2D eigenvalue weighted by atomic mass is 10.1. The van der Waals surface area contributed by atoms with E-state index in [0.717, 1.165) is 13.0 Å². The first-order valence-corrected chi connectivity index (χ1v) is 8.66. The van der Waals surface area contributed by atoms with Crippen LogP contribution in [0, 0.1) is 0 Å². The van der Waals surface area contributed by atoms with Crippen molar-refractivity contribution >= 4 is 15.7 Å². The van der Waals surface area contributed by atoms with Crippen molar-refractivity contribution in [1.29, 1.82) is 0 Å². The maximum absolute atomic E-state index is 12.3. The Morgan fingerprint density at radius 1 is 1.14 bits per heavy atom. The number of alkyl halides is 2. The second-order valence-corrected chi connectivity index (χ2v) is 6.74. The van der Waals surface area contributed by atoms with Crippen LogP contribution in [0.5, 0.6) is 0 Å². The van der Waals surface area contributed by atoms with Crippen LogP contribution >= 0.6 is 0 Å². The highest BCUT2D eigenvalue weighted by Gasteiger charge is 2.24. The number of rotatable bonds is 9. The standard InChI is InChI=1S/C14H20F2N2O3S/c1-2-7-17-8-9-18-13(19)12-5-3-11(4-6-12)10-22(20,21)14(15)16/h3-6,14,17H,2,7-10H2,1H3,(H,18,19). The number of benzene rings is 1. The van der Waals surface area contributed by atoms with Gasteiger partial charge in [0.25, 0.3) is 5.91 Å². The fourth-order valence-corrected chi connectivity index (χ4v) is 2.50. The smallest absolute Gasteiger partial charge is 0.337 e. The van der Waals surface area contributed by atoms with E-state index in [-0.39, 0.29) is 11.5 Å². The molecule has 0 spiro atoms. The Hall–Kier alpha value is -1.54. The summed E-state index contributed by atoms with van der Waals surface area (Å²) in [4.78, 5) is 11.8. The van der Waals surface area contributed by atoms with Crippen molar-refractivity contribution in [3.05, 3.63) is 35.4 Å². The van der Waals surface area contributed by atoms with Gasteiger partial charge in [0.1, 0.15) is 0 Å². The Labute approximate surface area is 129 Å². The number of halogens is 2. The third-order valence-electron chi connectivity index (χ3n) is 2.87. The number of nitrogens with one attached hydrogen (secondary N) is 2. The lowest BCUT2D eigenvalue weighted by Gasteiger charge is -2.07. The summed E-state index contributed by atoms with van der Waals surface area (Å²) in [5.41, 5.74) is 0.579. The highest BCUT2D eigenvalue weighted by atomic mass is 32.2. The van der Waals surface area contributed by atoms with Gasteiger partial charge < -0.3 is 10.6 Å². The van der Waals surface area contributed by atoms with E-state index in [2.05, 4.69) is 10.6 Å². The molecule has 5 nitrogen and oxygen atoms in total. The van der Waals surface area contributed by atoms with Gasteiger partial charge in [0.15, 0.2) is 0 Å². The van der Waals surface area contributed by atoms with Crippen molar-refractivity contribution in [2.24, 2.45) is 0 Å². The van der Waals surface area contributed by atoms with Gasteiger partial charge in [0, 0.05) is 18.7 Å². The average Bonchev–Trinajstić information content (AvgIpc) is 2.47. The topological polar surface area (TPSA) is 75.3 Å². The Bertz CT molecular complexity index is 574. The molecule has 0 fully saturated rings. The third-order valence-corrected chi connectivity index (χ3v) is 4.15. The van der Waals surface area contributed by atoms with Crippen molar-refractivity contribution in [3.63, 3.8) is 0 Å². The normalized spacial score (nSPS) is 11.6. The Morgan fingerprint density at radius 3 is 2.32 bits per heavy atom. The van der Waals surface area contributed by atoms with Crippen LogP contribution in [0.25, 0.3) is 0 Å². The maximum Gasteiger partial charge on any atom is 0.337 e. The number of amides is 1. The summed E-state index contributed by atoms with van der Waals surface area (Å²) in [6.45, 7) is 4.05. The summed E-state index contributed by atoms with van der Waals surface area (Å²) < 4.78 is 46.8. The summed E-state index contributed by atoms with van der Waals surface area (Å²) in [6.07, 6.45) is 1.01. The van der Waals surface area contributed by atoms with Crippen LogP contribution in [0.2, 0.25) is 0 Å². The molecule has 0 unspecified atom stereocenters. The molecule has 1 rings (SSSR count). The lowest BCUT2D eigenvalue weighted by molar-refractivity contribution is 0.0954. The predicted molar refractivity (Wildman–Crippen MR) is 80.6 cm³/mol. The molecule has 1 amide bonds. The van der Waals surface area contributed by atoms with Crippen LogP contribution in [-0.2, 0) is 15.6 Å². The van der Waals surface area contributed by atoms with Crippen LogP contribution < -0.4 is 10.6 Å². The summed E-state index contributed by atoms with van der Waals surface area (Å²) in [6, 6.07) is 5.57. The van der Waals surface area contributed by atoms with Gasteiger partial charge in [-0.1, -0.05) is 19.1 Å². The molecule has 0 aliphatic heterocycles. The lowest BCUT2D eigenvalue weighted by Crippen LogP contribution is -2.32. The zero-order valence-corrected chi connectivity index (χ0v) is 13.1. The highest BCUT2D eigenvalue weighted by molar-refractivity contribution is 7.90. The molecule has 124 valence electrons. The SMILES string of the molecule is CCCNCCNC(=O)c1ccc(CS(=O)(=O)C(F)F)cc1. The molecule has 1 aromatic carbocycles. The van der Waals surface area contributed by atoms with Crippen molar-refractivity contribution in [2.45, 2.75) is 24.9 Å². The van der Waals surface area contributed by atoms with E-state index in [1.807, 2.05) is 6.92 Å². The maximum atomic E-state index is 12.3. The molecule has 8 heteroatoms.